The average Bonchev–Trinajstić information content (AvgIpc) is 2.41. The van der Waals surface area contributed by atoms with E-state index in [-0.39, 0.29) is 0 Å². The molecule has 19 heavy (non-hydrogen) atoms. The lowest BCUT2D eigenvalue weighted by molar-refractivity contribution is -0.656. The van der Waals surface area contributed by atoms with Gasteiger partial charge < -0.3 is 19.5 Å². The van der Waals surface area contributed by atoms with Gasteiger partial charge in [-0.05, 0) is 24.6 Å². The number of aryl methyl sites for hydroxylation is 1. The summed E-state index contributed by atoms with van der Waals surface area (Å²) in [6.45, 7) is 6.99. The molecule has 0 saturated heterocycles. The Morgan fingerprint density at radius 2 is 1.95 bits per heavy atom. The highest BCUT2D eigenvalue weighted by Gasteiger charge is 1.95. The molecule has 4 heteroatoms. The summed E-state index contributed by atoms with van der Waals surface area (Å²) in [7, 11) is 1.73. The maximum Gasteiger partial charge on any atom is 0.119 e. The van der Waals surface area contributed by atoms with Gasteiger partial charge in [0.25, 0.3) is 0 Å². The molecule has 0 spiro atoms. The zero-order chi connectivity index (χ0) is 13.8. The SMILES string of the molecule is COCCC[NH2+]CCOCCOc1cccc(C)c1. The van der Waals surface area contributed by atoms with Gasteiger partial charge in [0.1, 0.15) is 12.4 Å². The number of hydrogen-bond donors (Lipinski definition) is 1. The van der Waals surface area contributed by atoms with Gasteiger partial charge >= 0.3 is 0 Å². The summed E-state index contributed by atoms with van der Waals surface area (Å²) in [5, 5.41) is 2.25. The van der Waals surface area contributed by atoms with E-state index in [9.17, 15) is 0 Å². The van der Waals surface area contributed by atoms with Gasteiger partial charge in [0.2, 0.25) is 0 Å². The molecule has 0 atom stereocenters. The molecular weight excluding hydrogens is 242 g/mol. The number of hydrogen-bond acceptors (Lipinski definition) is 3. The third-order valence-electron chi connectivity index (χ3n) is 2.71. The Balaban J connectivity index is 1.89. The summed E-state index contributed by atoms with van der Waals surface area (Å²) >= 11 is 0. The van der Waals surface area contributed by atoms with E-state index in [1.54, 1.807) is 7.11 Å². The standard InChI is InChI=1S/C15H25NO3/c1-14-5-3-6-15(13-14)19-12-11-18-10-8-16-7-4-9-17-2/h3,5-6,13,16H,4,7-12H2,1-2H3/p+1. The van der Waals surface area contributed by atoms with Crippen molar-refractivity contribution in [2.24, 2.45) is 0 Å². The molecule has 0 bridgehead atoms. The van der Waals surface area contributed by atoms with Crippen molar-refractivity contribution >= 4 is 0 Å². The van der Waals surface area contributed by atoms with Crippen LogP contribution in [0.4, 0.5) is 0 Å². The van der Waals surface area contributed by atoms with Crippen LogP contribution < -0.4 is 10.1 Å². The highest BCUT2D eigenvalue weighted by Crippen LogP contribution is 2.11. The normalized spacial score (nSPS) is 10.6. The first-order chi connectivity index (χ1) is 9.33. The van der Waals surface area contributed by atoms with Crippen molar-refractivity contribution in [1.29, 1.82) is 0 Å². The number of methoxy groups -OCH3 is 1. The minimum absolute atomic E-state index is 0.604. The first kappa shape index (κ1) is 16.0. The quantitative estimate of drug-likeness (QED) is 0.609. The average molecular weight is 268 g/mol. The van der Waals surface area contributed by atoms with Crippen LogP contribution in [-0.2, 0) is 9.47 Å². The molecule has 0 aliphatic heterocycles. The minimum Gasteiger partial charge on any atom is -0.491 e. The maximum absolute atomic E-state index is 5.59. The fraction of sp³-hybridized carbons (Fsp3) is 0.600. The molecule has 1 aromatic carbocycles. The topological polar surface area (TPSA) is 44.3 Å². The van der Waals surface area contributed by atoms with E-state index in [2.05, 4.69) is 18.3 Å². The number of nitrogens with two attached hydrogens (primary N) is 1. The Morgan fingerprint density at radius 1 is 1.05 bits per heavy atom. The van der Waals surface area contributed by atoms with Gasteiger partial charge in [-0.15, -0.1) is 0 Å². The summed E-state index contributed by atoms with van der Waals surface area (Å²) in [5.74, 6) is 0.912. The van der Waals surface area contributed by atoms with E-state index in [1.807, 2.05) is 18.2 Å². The molecule has 0 heterocycles. The van der Waals surface area contributed by atoms with Crippen LogP contribution in [0, 0.1) is 6.92 Å². The van der Waals surface area contributed by atoms with Gasteiger partial charge in [0.05, 0.1) is 32.9 Å². The highest BCUT2D eigenvalue weighted by atomic mass is 16.5. The third kappa shape index (κ3) is 8.59. The number of ether oxygens (including phenoxy) is 3. The predicted octanol–water partition coefficient (Wildman–Crippen LogP) is 0.990. The second-order valence-corrected chi connectivity index (χ2v) is 4.49. The van der Waals surface area contributed by atoms with Crippen LogP contribution >= 0.6 is 0 Å². The Labute approximate surface area is 116 Å². The number of quaternary nitrogens is 1. The van der Waals surface area contributed by atoms with Crippen molar-refractivity contribution in [1.82, 2.24) is 0 Å². The Morgan fingerprint density at radius 3 is 2.74 bits per heavy atom. The molecule has 2 N–H and O–H groups in total. The van der Waals surface area contributed by atoms with Crippen LogP contribution in [0.5, 0.6) is 5.75 Å². The van der Waals surface area contributed by atoms with Crippen molar-refractivity contribution < 1.29 is 19.5 Å². The lowest BCUT2D eigenvalue weighted by Gasteiger charge is -2.07. The second kappa shape index (κ2) is 10.8. The summed E-state index contributed by atoms with van der Waals surface area (Å²) in [5.41, 5.74) is 1.21. The highest BCUT2D eigenvalue weighted by molar-refractivity contribution is 5.27. The van der Waals surface area contributed by atoms with E-state index in [0.717, 1.165) is 38.5 Å². The Bertz CT molecular complexity index is 331. The molecule has 1 rings (SSSR count). The Kier molecular flexibility index (Phi) is 9.06. The van der Waals surface area contributed by atoms with Gasteiger partial charge in [-0.3, -0.25) is 0 Å². The molecule has 1 aromatic rings. The second-order valence-electron chi connectivity index (χ2n) is 4.49. The van der Waals surface area contributed by atoms with E-state index in [0.29, 0.717) is 13.2 Å². The fourth-order valence-corrected chi connectivity index (χ4v) is 1.71. The largest absolute Gasteiger partial charge is 0.491 e. The van der Waals surface area contributed by atoms with Crippen molar-refractivity contribution in [2.45, 2.75) is 13.3 Å². The first-order valence-electron chi connectivity index (χ1n) is 6.90. The molecular formula is C15H26NO3+. The van der Waals surface area contributed by atoms with Crippen molar-refractivity contribution in [3.05, 3.63) is 29.8 Å². The van der Waals surface area contributed by atoms with E-state index in [1.165, 1.54) is 5.56 Å². The zero-order valence-electron chi connectivity index (χ0n) is 12.1. The van der Waals surface area contributed by atoms with Crippen LogP contribution in [0.2, 0.25) is 0 Å². The third-order valence-corrected chi connectivity index (χ3v) is 2.71. The van der Waals surface area contributed by atoms with Crippen molar-refractivity contribution in [2.75, 3.05) is 46.6 Å². The van der Waals surface area contributed by atoms with Crippen molar-refractivity contribution in [3.8, 4) is 5.75 Å². The van der Waals surface area contributed by atoms with Gasteiger partial charge in [-0.1, -0.05) is 12.1 Å². The molecule has 0 amide bonds. The monoisotopic (exact) mass is 268 g/mol. The van der Waals surface area contributed by atoms with Crippen LogP contribution in [0.25, 0.3) is 0 Å². The lowest BCUT2D eigenvalue weighted by Crippen LogP contribution is -2.85. The van der Waals surface area contributed by atoms with Gasteiger partial charge in [0.15, 0.2) is 0 Å². The summed E-state index contributed by atoms with van der Waals surface area (Å²) in [6, 6.07) is 8.06. The molecule has 0 aliphatic rings. The molecule has 0 aliphatic carbocycles. The molecule has 0 aromatic heterocycles. The maximum atomic E-state index is 5.59. The van der Waals surface area contributed by atoms with Crippen molar-refractivity contribution in [3.63, 3.8) is 0 Å². The predicted molar refractivity (Wildman–Crippen MR) is 75.6 cm³/mol. The molecule has 0 radical (unpaired) electrons. The van der Waals surface area contributed by atoms with E-state index >= 15 is 0 Å². The molecule has 0 fully saturated rings. The number of rotatable bonds is 11. The zero-order valence-corrected chi connectivity index (χ0v) is 12.1. The molecule has 0 saturated carbocycles. The fourth-order valence-electron chi connectivity index (χ4n) is 1.71. The lowest BCUT2D eigenvalue weighted by atomic mass is 10.2. The van der Waals surface area contributed by atoms with Crippen LogP contribution in [0.1, 0.15) is 12.0 Å². The van der Waals surface area contributed by atoms with Crippen LogP contribution in [0.3, 0.4) is 0 Å². The number of benzene rings is 1. The first-order valence-corrected chi connectivity index (χ1v) is 6.90. The minimum atomic E-state index is 0.604. The summed E-state index contributed by atoms with van der Waals surface area (Å²) in [4.78, 5) is 0. The van der Waals surface area contributed by atoms with E-state index in [4.69, 9.17) is 14.2 Å². The van der Waals surface area contributed by atoms with Gasteiger partial charge in [-0.25, -0.2) is 0 Å². The smallest absolute Gasteiger partial charge is 0.119 e. The molecule has 108 valence electrons. The molecule has 4 nitrogen and oxygen atoms in total. The summed E-state index contributed by atoms with van der Waals surface area (Å²) < 4.78 is 16.1. The van der Waals surface area contributed by atoms with Crippen LogP contribution in [-0.4, -0.2) is 46.6 Å². The van der Waals surface area contributed by atoms with Crippen LogP contribution in [0.15, 0.2) is 24.3 Å². The van der Waals surface area contributed by atoms with Gasteiger partial charge in [0, 0.05) is 13.5 Å². The van der Waals surface area contributed by atoms with Gasteiger partial charge in [-0.2, -0.15) is 0 Å². The Hall–Kier alpha value is -1.10. The van der Waals surface area contributed by atoms with E-state index < -0.39 is 0 Å². The summed E-state index contributed by atoms with van der Waals surface area (Å²) in [6.07, 6.45) is 1.09. The molecule has 0 unspecified atom stereocenters.